The first-order valence-corrected chi connectivity index (χ1v) is 8.91. The smallest absolute Gasteiger partial charge is 0.334 e. The van der Waals surface area contributed by atoms with Crippen LogP contribution >= 0.6 is 0 Å². The molecular formula is C16H22N4O7. The van der Waals surface area contributed by atoms with Gasteiger partial charge in [0.1, 0.15) is 6.10 Å². The number of fused-ring (bicyclic) bond motifs is 1. The molecule has 3 fully saturated rings. The number of piperidine rings is 1. The van der Waals surface area contributed by atoms with E-state index in [-0.39, 0.29) is 68.6 Å². The predicted molar refractivity (Wildman–Crippen MR) is 87.4 cm³/mol. The van der Waals surface area contributed by atoms with Crippen LogP contribution in [0.3, 0.4) is 0 Å². The van der Waals surface area contributed by atoms with E-state index >= 15 is 0 Å². The summed E-state index contributed by atoms with van der Waals surface area (Å²) in [4.78, 5) is 64.6. The minimum absolute atomic E-state index is 0.0141. The van der Waals surface area contributed by atoms with Crippen LogP contribution in [0.5, 0.6) is 0 Å². The number of likely N-dealkylation sites (tertiary alicyclic amines) is 1. The Morgan fingerprint density at radius 2 is 1.93 bits per heavy atom. The Bertz CT molecular complexity index is 667. The van der Waals surface area contributed by atoms with Crippen molar-refractivity contribution in [3.8, 4) is 0 Å². The summed E-state index contributed by atoms with van der Waals surface area (Å²) in [6, 6.07) is -0.533. The third-order valence-corrected chi connectivity index (χ3v) is 4.58. The van der Waals surface area contributed by atoms with Crippen LogP contribution in [-0.4, -0.2) is 71.7 Å². The average molecular weight is 382 g/mol. The molecule has 11 heteroatoms. The third-order valence-electron chi connectivity index (χ3n) is 4.58. The zero-order valence-corrected chi connectivity index (χ0v) is 14.9. The average Bonchev–Trinajstić information content (AvgIpc) is 3.36. The predicted octanol–water partition coefficient (Wildman–Crippen LogP) is -1.12. The molecule has 2 N–H and O–H groups in total. The van der Waals surface area contributed by atoms with Crippen LogP contribution in [0, 0.1) is 5.92 Å². The quantitative estimate of drug-likeness (QED) is 0.420. The molecule has 148 valence electrons. The summed E-state index contributed by atoms with van der Waals surface area (Å²) >= 11 is 0. The highest BCUT2D eigenvalue weighted by atomic mass is 16.8. The number of ether oxygens (including phenoxy) is 1. The van der Waals surface area contributed by atoms with Crippen molar-refractivity contribution in [2.24, 2.45) is 5.92 Å². The van der Waals surface area contributed by atoms with Gasteiger partial charge in [-0.3, -0.25) is 19.3 Å². The molecule has 3 heterocycles. The van der Waals surface area contributed by atoms with Gasteiger partial charge in [-0.05, 0) is 6.42 Å². The Labute approximate surface area is 155 Å². The second-order valence-corrected chi connectivity index (χ2v) is 6.71. The van der Waals surface area contributed by atoms with E-state index in [0.29, 0.717) is 6.42 Å². The molecule has 0 aliphatic carbocycles. The summed E-state index contributed by atoms with van der Waals surface area (Å²) in [5, 5.41) is 5.93. The largest absolute Gasteiger partial charge is 0.344 e. The van der Waals surface area contributed by atoms with Crippen molar-refractivity contribution in [3.05, 3.63) is 0 Å². The number of epoxide rings is 1. The maximum Gasteiger partial charge on any atom is 0.334 e. The molecule has 3 aliphatic rings. The van der Waals surface area contributed by atoms with Crippen molar-refractivity contribution in [1.29, 1.82) is 0 Å². The number of imide groups is 1. The number of hydrogen-bond donors (Lipinski definition) is 2. The van der Waals surface area contributed by atoms with Crippen molar-refractivity contribution >= 4 is 29.7 Å². The maximum absolute atomic E-state index is 11.8. The Morgan fingerprint density at radius 1 is 1.19 bits per heavy atom. The van der Waals surface area contributed by atoms with E-state index in [4.69, 9.17) is 9.57 Å². The Hall–Kier alpha value is -2.69. The van der Waals surface area contributed by atoms with Gasteiger partial charge in [0.25, 0.3) is 5.91 Å². The number of hydroxylamine groups is 2. The molecule has 0 aromatic carbocycles. The third kappa shape index (κ3) is 4.54. The number of rotatable bonds is 7. The Balaban J connectivity index is 1.28. The Kier molecular flexibility index (Phi) is 5.59. The van der Waals surface area contributed by atoms with Crippen LogP contribution in [0.1, 0.15) is 32.6 Å². The monoisotopic (exact) mass is 382 g/mol. The van der Waals surface area contributed by atoms with Gasteiger partial charge in [0, 0.05) is 38.4 Å². The van der Waals surface area contributed by atoms with Gasteiger partial charge in [0.05, 0.1) is 6.42 Å². The highest BCUT2D eigenvalue weighted by molar-refractivity contribution is 6.03. The molecule has 0 aromatic rings. The molecule has 0 radical (unpaired) electrons. The molecule has 3 unspecified atom stereocenters. The minimum atomic E-state index is -0.651. The molecular weight excluding hydrogens is 360 g/mol. The second-order valence-electron chi connectivity index (χ2n) is 6.71. The van der Waals surface area contributed by atoms with Gasteiger partial charge in [-0.1, -0.05) is 6.92 Å². The van der Waals surface area contributed by atoms with Crippen LogP contribution in [0.15, 0.2) is 0 Å². The fraction of sp³-hybridized carbons (Fsp3) is 0.688. The fourth-order valence-corrected chi connectivity index (χ4v) is 3.03. The van der Waals surface area contributed by atoms with Gasteiger partial charge >= 0.3 is 12.0 Å². The molecule has 0 saturated carbocycles. The van der Waals surface area contributed by atoms with E-state index in [1.807, 2.05) is 0 Å². The summed E-state index contributed by atoms with van der Waals surface area (Å²) in [6.07, 6.45) is 0.443. The zero-order valence-electron chi connectivity index (χ0n) is 14.9. The highest BCUT2D eigenvalue weighted by Gasteiger charge is 2.51. The van der Waals surface area contributed by atoms with Crippen molar-refractivity contribution in [2.45, 2.75) is 44.9 Å². The van der Waals surface area contributed by atoms with Gasteiger partial charge in [0.2, 0.25) is 11.8 Å². The number of nitrogens with one attached hydrogen (secondary N) is 2. The normalized spacial score (nSPS) is 26.7. The van der Waals surface area contributed by atoms with E-state index in [9.17, 15) is 24.0 Å². The summed E-state index contributed by atoms with van der Waals surface area (Å²) in [5.74, 6) is -1.75. The first-order chi connectivity index (χ1) is 12.9. The van der Waals surface area contributed by atoms with Crippen LogP contribution in [0.4, 0.5) is 4.79 Å². The number of amides is 5. The standard InChI is InChI=1S/C16H22N4O7/c1-9-8-12(22)19(14(9)24)7-6-18-16(25)17-5-4-13(23)27-20-11(21)3-2-10-15(20)26-10/h9-10,15H,2-8H2,1H3,(H2,17,18,25). The molecule has 3 rings (SSSR count). The van der Waals surface area contributed by atoms with Gasteiger partial charge in [-0.15, -0.1) is 5.06 Å². The van der Waals surface area contributed by atoms with Crippen molar-refractivity contribution in [1.82, 2.24) is 20.6 Å². The highest BCUT2D eigenvalue weighted by Crippen LogP contribution is 2.35. The maximum atomic E-state index is 11.8. The number of carbonyl (C=O) groups is 5. The lowest BCUT2D eigenvalue weighted by Gasteiger charge is -2.21. The van der Waals surface area contributed by atoms with Gasteiger partial charge < -0.3 is 20.2 Å². The van der Waals surface area contributed by atoms with E-state index in [1.54, 1.807) is 6.92 Å². The first-order valence-electron chi connectivity index (χ1n) is 8.91. The molecule has 0 spiro atoms. The molecule has 0 aromatic heterocycles. The van der Waals surface area contributed by atoms with Crippen molar-refractivity contribution in [3.63, 3.8) is 0 Å². The molecule has 3 atom stereocenters. The zero-order chi connectivity index (χ0) is 19.6. The van der Waals surface area contributed by atoms with E-state index in [2.05, 4.69) is 10.6 Å². The number of carbonyl (C=O) groups excluding carboxylic acids is 5. The van der Waals surface area contributed by atoms with E-state index < -0.39 is 18.2 Å². The fourth-order valence-electron chi connectivity index (χ4n) is 3.03. The molecule has 27 heavy (non-hydrogen) atoms. The topological polar surface area (TPSA) is 138 Å². The van der Waals surface area contributed by atoms with Crippen LogP contribution in [0.2, 0.25) is 0 Å². The molecule has 11 nitrogen and oxygen atoms in total. The summed E-state index contributed by atoms with van der Waals surface area (Å²) in [6.45, 7) is 1.92. The van der Waals surface area contributed by atoms with Gasteiger partial charge in [0.15, 0.2) is 6.23 Å². The van der Waals surface area contributed by atoms with Crippen molar-refractivity contribution in [2.75, 3.05) is 19.6 Å². The summed E-state index contributed by atoms with van der Waals surface area (Å²) in [7, 11) is 0. The molecule has 5 amide bonds. The number of nitrogens with zero attached hydrogens (tertiary/aromatic N) is 2. The minimum Gasteiger partial charge on any atom is -0.344 e. The van der Waals surface area contributed by atoms with Crippen LogP contribution < -0.4 is 10.6 Å². The van der Waals surface area contributed by atoms with Crippen LogP contribution in [-0.2, 0) is 28.8 Å². The molecule has 3 saturated heterocycles. The lowest BCUT2D eigenvalue weighted by atomic mass is 10.1. The SMILES string of the molecule is CC1CC(=O)N(CCNC(=O)NCCC(=O)ON2C(=O)CCC3OC32)C1=O. The lowest BCUT2D eigenvalue weighted by molar-refractivity contribution is -0.208. The van der Waals surface area contributed by atoms with Crippen molar-refractivity contribution < 1.29 is 33.5 Å². The Morgan fingerprint density at radius 3 is 2.63 bits per heavy atom. The van der Waals surface area contributed by atoms with E-state index in [0.717, 1.165) is 9.96 Å². The summed E-state index contributed by atoms with van der Waals surface area (Å²) in [5.41, 5.74) is 0. The van der Waals surface area contributed by atoms with E-state index in [1.165, 1.54) is 0 Å². The summed E-state index contributed by atoms with van der Waals surface area (Å²) < 4.78 is 5.21. The second kappa shape index (κ2) is 7.91. The van der Waals surface area contributed by atoms with Gasteiger partial charge in [-0.2, -0.15) is 0 Å². The number of hydrogen-bond acceptors (Lipinski definition) is 7. The van der Waals surface area contributed by atoms with Crippen LogP contribution in [0.25, 0.3) is 0 Å². The van der Waals surface area contributed by atoms with Gasteiger partial charge in [-0.25, -0.2) is 9.59 Å². The first kappa shape index (κ1) is 19.1. The molecule has 3 aliphatic heterocycles. The lowest BCUT2D eigenvalue weighted by Crippen LogP contribution is -2.43. The number of urea groups is 1. The molecule has 0 bridgehead atoms.